The Morgan fingerprint density at radius 3 is 2.48 bits per heavy atom. The second kappa shape index (κ2) is 8.61. The molecule has 3 aromatic rings. The largest absolute Gasteiger partial charge is 0.489 e. The first-order valence-electron chi connectivity index (χ1n) is 9.68. The van der Waals surface area contributed by atoms with E-state index in [1.807, 2.05) is 60.7 Å². The number of rotatable bonds is 6. The Hall–Kier alpha value is -3.60. The van der Waals surface area contributed by atoms with Crippen molar-refractivity contribution in [2.75, 3.05) is 16.8 Å². The Balaban J connectivity index is 1.38. The first-order valence-corrected chi connectivity index (χ1v) is 9.68. The molecule has 0 atom stereocenters. The predicted octanol–water partition coefficient (Wildman–Crippen LogP) is 4.64. The van der Waals surface area contributed by atoms with E-state index in [4.69, 9.17) is 4.74 Å². The predicted molar refractivity (Wildman–Crippen MR) is 113 cm³/mol. The second-order valence-corrected chi connectivity index (χ2v) is 6.95. The monoisotopic (exact) mass is 386 g/mol. The number of anilines is 2. The standard InChI is InChI=1S/C24H22N2O3/c27-23-10-5-15-26(23)21-13-11-20(12-14-21)25-24(28)19-8-4-9-22(16-19)29-17-18-6-2-1-3-7-18/h1-4,6-9,11-14,16H,5,10,15,17H2,(H,25,28). The topological polar surface area (TPSA) is 58.6 Å². The highest BCUT2D eigenvalue weighted by Crippen LogP contribution is 2.23. The van der Waals surface area contributed by atoms with Crippen molar-refractivity contribution in [2.45, 2.75) is 19.4 Å². The lowest BCUT2D eigenvalue weighted by Gasteiger charge is -2.16. The van der Waals surface area contributed by atoms with Gasteiger partial charge < -0.3 is 15.0 Å². The van der Waals surface area contributed by atoms with Crippen molar-refractivity contribution in [3.63, 3.8) is 0 Å². The van der Waals surface area contributed by atoms with E-state index in [1.165, 1.54) is 0 Å². The summed E-state index contributed by atoms with van der Waals surface area (Å²) in [6.45, 7) is 1.20. The second-order valence-electron chi connectivity index (χ2n) is 6.95. The molecule has 29 heavy (non-hydrogen) atoms. The number of nitrogens with zero attached hydrogens (tertiary/aromatic N) is 1. The fourth-order valence-corrected chi connectivity index (χ4v) is 3.32. The van der Waals surface area contributed by atoms with Crippen molar-refractivity contribution < 1.29 is 14.3 Å². The molecule has 3 aromatic carbocycles. The normalized spacial score (nSPS) is 13.4. The zero-order chi connectivity index (χ0) is 20.1. The molecule has 146 valence electrons. The van der Waals surface area contributed by atoms with Gasteiger partial charge in [-0.2, -0.15) is 0 Å². The summed E-state index contributed by atoms with van der Waals surface area (Å²) >= 11 is 0. The van der Waals surface area contributed by atoms with E-state index >= 15 is 0 Å². The Morgan fingerprint density at radius 1 is 0.966 bits per heavy atom. The number of nitrogens with one attached hydrogen (secondary N) is 1. The highest BCUT2D eigenvalue weighted by atomic mass is 16.5. The highest BCUT2D eigenvalue weighted by molar-refractivity contribution is 6.04. The number of hydrogen-bond acceptors (Lipinski definition) is 3. The lowest BCUT2D eigenvalue weighted by molar-refractivity contribution is -0.117. The van der Waals surface area contributed by atoms with Crippen molar-refractivity contribution in [1.29, 1.82) is 0 Å². The molecular weight excluding hydrogens is 364 g/mol. The quantitative estimate of drug-likeness (QED) is 0.671. The summed E-state index contributed by atoms with van der Waals surface area (Å²) in [7, 11) is 0. The Kier molecular flexibility index (Phi) is 5.56. The van der Waals surface area contributed by atoms with E-state index in [0.29, 0.717) is 30.0 Å². The average Bonchev–Trinajstić information content (AvgIpc) is 3.19. The average molecular weight is 386 g/mol. The van der Waals surface area contributed by atoms with E-state index in [1.54, 1.807) is 23.1 Å². The van der Waals surface area contributed by atoms with Crippen molar-refractivity contribution in [3.05, 3.63) is 90.0 Å². The molecule has 0 saturated carbocycles. The molecule has 1 aliphatic rings. The molecule has 1 heterocycles. The van der Waals surface area contributed by atoms with Crippen LogP contribution in [0.25, 0.3) is 0 Å². The molecular formula is C24H22N2O3. The molecule has 0 aliphatic carbocycles. The molecule has 1 saturated heterocycles. The van der Waals surface area contributed by atoms with Crippen molar-refractivity contribution in [1.82, 2.24) is 0 Å². The summed E-state index contributed by atoms with van der Waals surface area (Å²) in [6, 6.07) is 24.4. The number of carbonyl (C=O) groups is 2. The summed E-state index contributed by atoms with van der Waals surface area (Å²) in [5.74, 6) is 0.582. The third-order valence-corrected chi connectivity index (χ3v) is 4.85. The van der Waals surface area contributed by atoms with Crippen molar-refractivity contribution in [2.24, 2.45) is 0 Å². The zero-order valence-electron chi connectivity index (χ0n) is 16.0. The minimum atomic E-state index is -0.208. The van der Waals surface area contributed by atoms with Crippen LogP contribution in [0.1, 0.15) is 28.8 Å². The fraction of sp³-hybridized carbons (Fsp3) is 0.167. The van der Waals surface area contributed by atoms with E-state index in [9.17, 15) is 9.59 Å². The lowest BCUT2D eigenvalue weighted by Crippen LogP contribution is -2.23. The van der Waals surface area contributed by atoms with Gasteiger partial charge in [0.05, 0.1) is 0 Å². The van der Waals surface area contributed by atoms with Crippen LogP contribution in [-0.4, -0.2) is 18.4 Å². The smallest absolute Gasteiger partial charge is 0.255 e. The minimum absolute atomic E-state index is 0.147. The summed E-state index contributed by atoms with van der Waals surface area (Å²) < 4.78 is 5.80. The number of ether oxygens (including phenoxy) is 1. The first-order chi connectivity index (χ1) is 14.2. The number of amides is 2. The molecule has 5 heteroatoms. The Bertz CT molecular complexity index is 1000. The molecule has 0 radical (unpaired) electrons. The number of carbonyl (C=O) groups excluding carboxylic acids is 2. The van der Waals surface area contributed by atoms with Crippen LogP contribution >= 0.6 is 0 Å². The Labute approximate surface area is 169 Å². The molecule has 0 bridgehead atoms. The van der Waals surface area contributed by atoms with Crippen LogP contribution in [-0.2, 0) is 11.4 Å². The maximum atomic E-state index is 12.6. The summed E-state index contributed by atoms with van der Waals surface area (Å²) in [6.07, 6.45) is 1.49. The molecule has 1 fully saturated rings. The van der Waals surface area contributed by atoms with Crippen LogP contribution < -0.4 is 15.0 Å². The molecule has 0 spiro atoms. The molecule has 0 aromatic heterocycles. The van der Waals surface area contributed by atoms with E-state index < -0.39 is 0 Å². The van der Waals surface area contributed by atoms with E-state index in [-0.39, 0.29) is 11.8 Å². The first kappa shape index (κ1) is 18.7. The maximum absolute atomic E-state index is 12.6. The van der Waals surface area contributed by atoms with Gasteiger partial charge >= 0.3 is 0 Å². The summed E-state index contributed by atoms with van der Waals surface area (Å²) in [5, 5.41) is 2.89. The number of hydrogen-bond donors (Lipinski definition) is 1. The molecule has 2 amide bonds. The molecule has 1 N–H and O–H groups in total. The van der Waals surface area contributed by atoms with Gasteiger partial charge in [-0.05, 0) is 54.4 Å². The third-order valence-electron chi connectivity index (χ3n) is 4.85. The van der Waals surface area contributed by atoms with Gasteiger partial charge in [0.25, 0.3) is 5.91 Å². The number of benzene rings is 3. The van der Waals surface area contributed by atoms with Gasteiger partial charge in [0.1, 0.15) is 12.4 Å². The van der Waals surface area contributed by atoms with Gasteiger partial charge in [-0.15, -0.1) is 0 Å². The van der Waals surface area contributed by atoms with E-state index in [2.05, 4.69) is 5.32 Å². The van der Waals surface area contributed by atoms with Gasteiger partial charge in [-0.1, -0.05) is 36.4 Å². The van der Waals surface area contributed by atoms with Gasteiger partial charge in [0, 0.05) is 29.9 Å². The lowest BCUT2D eigenvalue weighted by atomic mass is 10.2. The molecule has 4 rings (SSSR count). The van der Waals surface area contributed by atoms with E-state index in [0.717, 1.165) is 24.2 Å². The van der Waals surface area contributed by atoms with Gasteiger partial charge in [0.2, 0.25) is 5.91 Å². The third kappa shape index (κ3) is 4.63. The highest BCUT2D eigenvalue weighted by Gasteiger charge is 2.21. The summed E-state index contributed by atoms with van der Waals surface area (Å²) in [4.78, 5) is 26.2. The van der Waals surface area contributed by atoms with Crippen LogP contribution in [0.4, 0.5) is 11.4 Å². The van der Waals surface area contributed by atoms with Crippen LogP contribution in [0.5, 0.6) is 5.75 Å². The fourth-order valence-electron chi connectivity index (χ4n) is 3.32. The maximum Gasteiger partial charge on any atom is 0.255 e. The zero-order valence-corrected chi connectivity index (χ0v) is 16.0. The van der Waals surface area contributed by atoms with Crippen LogP contribution in [0.3, 0.4) is 0 Å². The molecule has 0 unspecified atom stereocenters. The molecule has 1 aliphatic heterocycles. The van der Waals surface area contributed by atoms with Crippen LogP contribution in [0.15, 0.2) is 78.9 Å². The summed E-state index contributed by atoms with van der Waals surface area (Å²) in [5.41, 5.74) is 3.14. The van der Waals surface area contributed by atoms with Crippen molar-refractivity contribution >= 4 is 23.2 Å². The SMILES string of the molecule is O=C(Nc1ccc(N2CCCC2=O)cc1)c1cccc(OCc2ccccc2)c1. The van der Waals surface area contributed by atoms with Gasteiger partial charge in [-0.25, -0.2) is 0 Å². The van der Waals surface area contributed by atoms with Crippen LogP contribution in [0.2, 0.25) is 0 Å². The van der Waals surface area contributed by atoms with Crippen molar-refractivity contribution in [3.8, 4) is 5.75 Å². The van der Waals surface area contributed by atoms with Gasteiger partial charge in [0.15, 0.2) is 0 Å². The van der Waals surface area contributed by atoms with Crippen LogP contribution in [0, 0.1) is 0 Å². The minimum Gasteiger partial charge on any atom is -0.489 e. The Morgan fingerprint density at radius 2 is 1.76 bits per heavy atom. The molecule has 5 nitrogen and oxygen atoms in total. The van der Waals surface area contributed by atoms with Gasteiger partial charge in [-0.3, -0.25) is 9.59 Å².